The summed E-state index contributed by atoms with van der Waals surface area (Å²) >= 11 is 0. The summed E-state index contributed by atoms with van der Waals surface area (Å²) < 4.78 is 0. The van der Waals surface area contributed by atoms with E-state index in [1.54, 1.807) is 0 Å². The molecule has 1 rings (SSSR count). The smallest absolute Gasteiger partial charge is 0.0457 e. The standard InChI is InChI=1S/C23H49N3/c1-7-8-9-10-11-12-13-14-15-16-17-26(20-24)21-18-22(2,3)25(6)23(4,5)19-21/h21H,7-20,24H2,1-6H3. The van der Waals surface area contributed by atoms with Crippen molar-refractivity contribution >= 4 is 0 Å². The van der Waals surface area contributed by atoms with Crippen molar-refractivity contribution in [2.24, 2.45) is 5.73 Å². The predicted octanol–water partition coefficient (Wildman–Crippen LogP) is 5.78. The first-order chi connectivity index (χ1) is 12.2. The maximum absolute atomic E-state index is 6.15. The average molecular weight is 368 g/mol. The fourth-order valence-electron chi connectivity index (χ4n) is 4.80. The molecule has 0 unspecified atom stereocenters. The number of nitrogens with two attached hydrogens (primary N) is 1. The summed E-state index contributed by atoms with van der Waals surface area (Å²) in [6, 6.07) is 0.625. The van der Waals surface area contributed by atoms with Gasteiger partial charge in [-0.25, -0.2) is 0 Å². The van der Waals surface area contributed by atoms with Crippen LogP contribution in [0.25, 0.3) is 0 Å². The van der Waals surface area contributed by atoms with Gasteiger partial charge >= 0.3 is 0 Å². The van der Waals surface area contributed by atoms with Crippen LogP contribution in [-0.4, -0.2) is 47.2 Å². The van der Waals surface area contributed by atoms with Gasteiger partial charge in [0.1, 0.15) is 0 Å². The molecule has 1 aliphatic rings. The SMILES string of the molecule is CCCCCCCCCCCCN(CN)C1CC(C)(C)N(C)C(C)(C)C1. The monoisotopic (exact) mass is 367 g/mol. The summed E-state index contributed by atoms with van der Waals surface area (Å²) in [5.74, 6) is 0. The number of hydrogen-bond acceptors (Lipinski definition) is 3. The Hall–Kier alpha value is -0.120. The molecule has 0 aromatic carbocycles. The second kappa shape index (κ2) is 11.7. The lowest BCUT2D eigenvalue weighted by Gasteiger charge is -2.55. The molecule has 1 fully saturated rings. The molecule has 26 heavy (non-hydrogen) atoms. The van der Waals surface area contributed by atoms with Gasteiger partial charge in [0.2, 0.25) is 0 Å². The topological polar surface area (TPSA) is 32.5 Å². The van der Waals surface area contributed by atoms with Gasteiger partial charge in [-0.2, -0.15) is 0 Å². The highest BCUT2D eigenvalue weighted by Gasteiger charge is 2.44. The zero-order chi connectivity index (χ0) is 19.6. The Balaban J connectivity index is 2.24. The fraction of sp³-hybridized carbons (Fsp3) is 1.00. The Morgan fingerprint density at radius 3 is 1.65 bits per heavy atom. The van der Waals surface area contributed by atoms with E-state index in [0.717, 1.165) is 0 Å². The number of piperidine rings is 1. The van der Waals surface area contributed by atoms with Gasteiger partial charge in [0.15, 0.2) is 0 Å². The summed E-state index contributed by atoms with van der Waals surface area (Å²) in [6.45, 7) is 13.7. The molecule has 0 saturated carbocycles. The van der Waals surface area contributed by atoms with Crippen molar-refractivity contribution in [2.45, 2.75) is 129 Å². The van der Waals surface area contributed by atoms with E-state index in [-0.39, 0.29) is 11.1 Å². The van der Waals surface area contributed by atoms with Crippen LogP contribution in [0.4, 0.5) is 0 Å². The molecule has 156 valence electrons. The first-order valence-electron chi connectivity index (χ1n) is 11.4. The lowest BCUT2D eigenvalue weighted by molar-refractivity contribution is -0.0473. The number of hydrogen-bond donors (Lipinski definition) is 1. The molecular formula is C23H49N3. The van der Waals surface area contributed by atoms with Crippen LogP contribution in [0, 0.1) is 0 Å². The van der Waals surface area contributed by atoms with Crippen LogP contribution in [0.5, 0.6) is 0 Å². The van der Waals surface area contributed by atoms with Crippen LogP contribution < -0.4 is 5.73 Å². The summed E-state index contributed by atoms with van der Waals surface area (Å²) in [4.78, 5) is 5.12. The normalized spacial score (nSPS) is 20.8. The molecule has 1 aliphatic heterocycles. The zero-order valence-corrected chi connectivity index (χ0v) is 18.9. The van der Waals surface area contributed by atoms with Crippen molar-refractivity contribution in [3.05, 3.63) is 0 Å². The third-order valence-electron chi connectivity index (χ3n) is 6.84. The number of unbranched alkanes of at least 4 members (excludes halogenated alkanes) is 9. The molecular weight excluding hydrogens is 318 g/mol. The molecule has 1 saturated heterocycles. The molecule has 3 nitrogen and oxygen atoms in total. The predicted molar refractivity (Wildman–Crippen MR) is 117 cm³/mol. The minimum atomic E-state index is 0.248. The highest BCUT2D eigenvalue weighted by atomic mass is 15.3. The first kappa shape index (κ1) is 23.9. The van der Waals surface area contributed by atoms with Gasteiger partial charge in [0.05, 0.1) is 0 Å². The molecule has 0 amide bonds. The minimum Gasteiger partial charge on any atom is -0.318 e. The molecule has 0 aromatic rings. The molecule has 2 N–H and O–H groups in total. The Bertz CT molecular complexity index is 346. The zero-order valence-electron chi connectivity index (χ0n) is 18.9. The van der Waals surface area contributed by atoms with Crippen LogP contribution in [0.15, 0.2) is 0 Å². The van der Waals surface area contributed by atoms with E-state index in [1.807, 2.05) is 0 Å². The van der Waals surface area contributed by atoms with Gasteiger partial charge in [-0.05, 0) is 60.5 Å². The molecule has 1 heterocycles. The number of rotatable bonds is 13. The quantitative estimate of drug-likeness (QED) is 0.331. The Kier molecular flexibility index (Phi) is 10.7. The van der Waals surface area contributed by atoms with Gasteiger partial charge in [0.25, 0.3) is 0 Å². The van der Waals surface area contributed by atoms with Crippen LogP contribution in [0.1, 0.15) is 112 Å². The van der Waals surface area contributed by atoms with Crippen molar-refractivity contribution in [1.82, 2.24) is 9.80 Å². The number of nitrogens with zero attached hydrogens (tertiary/aromatic N) is 2. The Morgan fingerprint density at radius 2 is 1.23 bits per heavy atom. The molecule has 0 aliphatic carbocycles. The largest absolute Gasteiger partial charge is 0.318 e. The molecule has 0 spiro atoms. The van der Waals surface area contributed by atoms with Crippen LogP contribution in [0.3, 0.4) is 0 Å². The lowest BCUT2D eigenvalue weighted by atomic mass is 9.77. The average Bonchev–Trinajstić information content (AvgIpc) is 2.57. The van der Waals surface area contributed by atoms with E-state index in [4.69, 9.17) is 5.73 Å². The number of likely N-dealkylation sites (tertiary alicyclic amines) is 1. The van der Waals surface area contributed by atoms with E-state index in [2.05, 4.69) is 51.5 Å². The molecule has 0 bridgehead atoms. The van der Waals surface area contributed by atoms with Crippen LogP contribution >= 0.6 is 0 Å². The van der Waals surface area contributed by atoms with Gasteiger partial charge in [-0.1, -0.05) is 64.7 Å². The summed E-state index contributed by atoms with van der Waals surface area (Å²) in [6.07, 6.45) is 16.5. The van der Waals surface area contributed by atoms with Gasteiger partial charge in [-0.15, -0.1) is 0 Å². The van der Waals surface area contributed by atoms with E-state index in [1.165, 1.54) is 83.6 Å². The molecule has 0 radical (unpaired) electrons. The van der Waals surface area contributed by atoms with E-state index in [0.29, 0.717) is 12.7 Å². The highest BCUT2D eigenvalue weighted by molar-refractivity contribution is 5.01. The lowest BCUT2D eigenvalue weighted by Crippen LogP contribution is -2.63. The van der Waals surface area contributed by atoms with E-state index in [9.17, 15) is 0 Å². The Labute approximate surface area is 165 Å². The van der Waals surface area contributed by atoms with Crippen LogP contribution in [-0.2, 0) is 0 Å². The van der Waals surface area contributed by atoms with Crippen molar-refractivity contribution in [3.63, 3.8) is 0 Å². The first-order valence-corrected chi connectivity index (χ1v) is 11.4. The highest BCUT2D eigenvalue weighted by Crippen LogP contribution is 2.38. The molecule has 3 heteroatoms. The van der Waals surface area contributed by atoms with E-state index >= 15 is 0 Å². The third-order valence-corrected chi connectivity index (χ3v) is 6.84. The summed E-state index contributed by atoms with van der Waals surface area (Å²) in [5, 5.41) is 0. The van der Waals surface area contributed by atoms with Crippen molar-refractivity contribution in [1.29, 1.82) is 0 Å². The van der Waals surface area contributed by atoms with Gasteiger partial charge in [-0.3, -0.25) is 9.80 Å². The van der Waals surface area contributed by atoms with E-state index < -0.39 is 0 Å². The van der Waals surface area contributed by atoms with Gasteiger partial charge < -0.3 is 5.73 Å². The fourth-order valence-corrected chi connectivity index (χ4v) is 4.80. The second-order valence-corrected chi connectivity index (χ2v) is 9.92. The van der Waals surface area contributed by atoms with Gasteiger partial charge in [0, 0.05) is 23.8 Å². The Morgan fingerprint density at radius 1 is 0.808 bits per heavy atom. The minimum absolute atomic E-state index is 0.248. The van der Waals surface area contributed by atoms with Crippen LogP contribution in [0.2, 0.25) is 0 Å². The maximum Gasteiger partial charge on any atom is 0.0457 e. The second-order valence-electron chi connectivity index (χ2n) is 9.92. The van der Waals surface area contributed by atoms with Crippen molar-refractivity contribution in [2.75, 3.05) is 20.3 Å². The van der Waals surface area contributed by atoms with Crippen molar-refractivity contribution in [3.8, 4) is 0 Å². The summed E-state index contributed by atoms with van der Waals surface area (Å²) in [5.41, 5.74) is 6.64. The third kappa shape index (κ3) is 7.86. The maximum atomic E-state index is 6.15. The van der Waals surface area contributed by atoms with Crippen molar-refractivity contribution < 1.29 is 0 Å². The molecule has 0 atom stereocenters. The molecule has 0 aromatic heterocycles. The summed E-state index contributed by atoms with van der Waals surface area (Å²) in [7, 11) is 2.28.